The monoisotopic (exact) mass is 412 g/mol. The Kier molecular flexibility index (Phi) is 6.23. The normalized spacial score (nSPS) is 10.6. The van der Waals surface area contributed by atoms with E-state index in [2.05, 4.69) is 10.3 Å². The van der Waals surface area contributed by atoms with Crippen molar-refractivity contribution in [1.82, 2.24) is 4.98 Å². The molecule has 3 rings (SSSR count). The Bertz CT molecular complexity index is 1140. The van der Waals surface area contributed by atoms with Crippen molar-refractivity contribution < 1.29 is 19.1 Å². The number of rotatable bonds is 6. The number of benzene rings is 2. The van der Waals surface area contributed by atoms with Crippen LogP contribution in [-0.2, 0) is 9.53 Å². The Hall–Kier alpha value is -3.26. The molecule has 8 heteroatoms. The summed E-state index contributed by atoms with van der Waals surface area (Å²) in [6, 6.07) is 12.3. The highest BCUT2D eigenvalue weighted by Gasteiger charge is 2.21. The number of amides is 1. The van der Waals surface area contributed by atoms with E-state index in [-0.39, 0.29) is 22.2 Å². The summed E-state index contributed by atoms with van der Waals surface area (Å²) in [5.41, 5.74) is 1.55. The SMILES string of the molecule is COC(=O)c1c(SCC(=O)Nc2cc(C)ccc2OC)[nH]c2ccccc2c1=O. The molecule has 0 bridgehead atoms. The van der Waals surface area contributed by atoms with E-state index in [1.807, 2.05) is 13.0 Å². The van der Waals surface area contributed by atoms with Crippen LogP contribution in [0.1, 0.15) is 15.9 Å². The van der Waals surface area contributed by atoms with Gasteiger partial charge in [0.2, 0.25) is 11.3 Å². The van der Waals surface area contributed by atoms with E-state index in [0.29, 0.717) is 22.3 Å². The lowest BCUT2D eigenvalue weighted by Gasteiger charge is -2.12. The van der Waals surface area contributed by atoms with Gasteiger partial charge in [0.05, 0.1) is 36.2 Å². The summed E-state index contributed by atoms with van der Waals surface area (Å²) in [6.07, 6.45) is 0. The van der Waals surface area contributed by atoms with Crippen LogP contribution in [0.15, 0.2) is 52.3 Å². The Labute approximate surface area is 171 Å². The van der Waals surface area contributed by atoms with Gasteiger partial charge in [0.1, 0.15) is 11.3 Å². The lowest BCUT2D eigenvalue weighted by atomic mass is 10.1. The molecule has 3 aromatic rings. The molecule has 0 aliphatic carbocycles. The highest BCUT2D eigenvalue weighted by atomic mass is 32.2. The fourth-order valence-corrected chi connectivity index (χ4v) is 3.70. The van der Waals surface area contributed by atoms with Crippen molar-refractivity contribution in [2.24, 2.45) is 0 Å². The number of aryl methyl sites for hydroxylation is 1. The van der Waals surface area contributed by atoms with Crippen LogP contribution in [0.2, 0.25) is 0 Å². The first-order chi connectivity index (χ1) is 13.9. The summed E-state index contributed by atoms with van der Waals surface area (Å²) < 4.78 is 10.0. The second-order valence-corrected chi connectivity index (χ2v) is 7.22. The van der Waals surface area contributed by atoms with Crippen LogP contribution in [0.4, 0.5) is 5.69 Å². The fraction of sp³-hybridized carbons (Fsp3) is 0.190. The highest BCUT2D eigenvalue weighted by Crippen LogP contribution is 2.26. The summed E-state index contributed by atoms with van der Waals surface area (Å²) in [5.74, 6) is -0.526. The molecule has 2 aromatic carbocycles. The second kappa shape index (κ2) is 8.83. The molecule has 0 aliphatic heterocycles. The first-order valence-electron chi connectivity index (χ1n) is 8.75. The number of esters is 1. The molecule has 0 atom stereocenters. The molecular weight excluding hydrogens is 392 g/mol. The third-order valence-electron chi connectivity index (χ3n) is 4.24. The van der Waals surface area contributed by atoms with Crippen LogP contribution in [0.5, 0.6) is 5.75 Å². The predicted molar refractivity (Wildman–Crippen MR) is 113 cm³/mol. The Morgan fingerprint density at radius 1 is 1.14 bits per heavy atom. The molecule has 0 radical (unpaired) electrons. The molecule has 0 spiro atoms. The van der Waals surface area contributed by atoms with Crippen LogP contribution in [0, 0.1) is 6.92 Å². The maximum absolute atomic E-state index is 12.8. The van der Waals surface area contributed by atoms with E-state index in [1.165, 1.54) is 14.2 Å². The van der Waals surface area contributed by atoms with Gasteiger partial charge in [-0.15, -0.1) is 0 Å². The van der Waals surface area contributed by atoms with Gasteiger partial charge in [0.15, 0.2) is 0 Å². The summed E-state index contributed by atoms with van der Waals surface area (Å²) >= 11 is 1.06. The number of anilines is 1. The van der Waals surface area contributed by atoms with Gasteiger partial charge in [0, 0.05) is 5.39 Å². The maximum Gasteiger partial charge on any atom is 0.344 e. The standard InChI is InChI=1S/C21H20N2O5S/c1-12-8-9-16(27-2)15(10-12)22-17(24)11-29-20-18(21(26)28-3)19(25)13-6-4-5-7-14(13)23-20/h4-10H,11H2,1-3H3,(H,22,24)(H,23,25). The average molecular weight is 412 g/mol. The summed E-state index contributed by atoms with van der Waals surface area (Å²) in [4.78, 5) is 40.5. The largest absolute Gasteiger partial charge is 0.495 e. The molecule has 1 heterocycles. The van der Waals surface area contributed by atoms with Gasteiger partial charge >= 0.3 is 5.97 Å². The Morgan fingerprint density at radius 2 is 1.90 bits per heavy atom. The number of carbonyl (C=O) groups is 2. The molecule has 2 N–H and O–H groups in total. The number of methoxy groups -OCH3 is 2. The van der Waals surface area contributed by atoms with Gasteiger partial charge in [-0.1, -0.05) is 30.0 Å². The lowest BCUT2D eigenvalue weighted by molar-refractivity contribution is -0.113. The van der Waals surface area contributed by atoms with Crippen molar-refractivity contribution in [2.75, 3.05) is 25.3 Å². The first kappa shape index (κ1) is 20.5. The number of H-pyrrole nitrogens is 1. The van der Waals surface area contributed by atoms with Crippen LogP contribution in [0.25, 0.3) is 10.9 Å². The molecule has 150 valence electrons. The molecule has 29 heavy (non-hydrogen) atoms. The third kappa shape index (κ3) is 4.43. The smallest absolute Gasteiger partial charge is 0.344 e. The van der Waals surface area contributed by atoms with Gasteiger partial charge in [-0.05, 0) is 36.8 Å². The van der Waals surface area contributed by atoms with Crippen molar-refractivity contribution in [2.45, 2.75) is 11.9 Å². The molecule has 7 nitrogen and oxygen atoms in total. The van der Waals surface area contributed by atoms with Gasteiger partial charge in [-0.25, -0.2) is 4.79 Å². The molecule has 0 saturated carbocycles. The average Bonchev–Trinajstić information content (AvgIpc) is 2.72. The van der Waals surface area contributed by atoms with Crippen molar-refractivity contribution in [3.05, 3.63) is 63.8 Å². The van der Waals surface area contributed by atoms with E-state index in [9.17, 15) is 14.4 Å². The minimum Gasteiger partial charge on any atom is -0.495 e. The van der Waals surface area contributed by atoms with Crippen molar-refractivity contribution in [3.8, 4) is 5.75 Å². The number of carbonyl (C=O) groups excluding carboxylic acids is 2. The van der Waals surface area contributed by atoms with Crippen molar-refractivity contribution in [3.63, 3.8) is 0 Å². The van der Waals surface area contributed by atoms with E-state index in [1.54, 1.807) is 36.4 Å². The minimum atomic E-state index is -0.750. The molecule has 0 aliphatic rings. The van der Waals surface area contributed by atoms with E-state index in [4.69, 9.17) is 9.47 Å². The van der Waals surface area contributed by atoms with E-state index >= 15 is 0 Å². The summed E-state index contributed by atoms with van der Waals surface area (Å²) in [5, 5.41) is 3.46. The quantitative estimate of drug-likeness (QED) is 0.476. The number of aromatic amines is 1. The van der Waals surface area contributed by atoms with Crippen LogP contribution >= 0.6 is 11.8 Å². The number of aromatic nitrogens is 1. The number of fused-ring (bicyclic) bond motifs is 1. The topological polar surface area (TPSA) is 97.5 Å². The summed E-state index contributed by atoms with van der Waals surface area (Å²) in [6.45, 7) is 1.91. The maximum atomic E-state index is 12.8. The lowest BCUT2D eigenvalue weighted by Crippen LogP contribution is -2.20. The minimum absolute atomic E-state index is 0.0185. The van der Waals surface area contributed by atoms with Gasteiger partial charge in [-0.3, -0.25) is 9.59 Å². The molecule has 0 unspecified atom stereocenters. The van der Waals surface area contributed by atoms with Gasteiger partial charge in [0.25, 0.3) is 0 Å². The zero-order valence-corrected chi connectivity index (χ0v) is 17.0. The third-order valence-corrected chi connectivity index (χ3v) is 5.24. The van der Waals surface area contributed by atoms with Crippen LogP contribution < -0.4 is 15.5 Å². The second-order valence-electron chi connectivity index (χ2n) is 6.24. The number of nitrogens with one attached hydrogen (secondary N) is 2. The molecule has 0 fully saturated rings. The highest BCUT2D eigenvalue weighted by molar-refractivity contribution is 8.00. The number of ether oxygens (including phenoxy) is 2. The molecule has 1 aromatic heterocycles. The van der Waals surface area contributed by atoms with Crippen LogP contribution in [-0.4, -0.2) is 36.8 Å². The number of hydrogen-bond acceptors (Lipinski definition) is 6. The molecule has 1 amide bonds. The fourth-order valence-electron chi connectivity index (χ4n) is 2.85. The van der Waals surface area contributed by atoms with E-state index < -0.39 is 11.4 Å². The number of pyridine rings is 1. The Balaban J connectivity index is 1.86. The van der Waals surface area contributed by atoms with Gasteiger partial charge < -0.3 is 19.8 Å². The predicted octanol–water partition coefficient (Wildman–Crippen LogP) is 3.36. The first-order valence-corrected chi connectivity index (χ1v) is 9.73. The summed E-state index contributed by atoms with van der Waals surface area (Å²) in [7, 11) is 2.74. The number of hydrogen-bond donors (Lipinski definition) is 2. The van der Waals surface area contributed by atoms with Crippen molar-refractivity contribution >= 4 is 40.2 Å². The number of thioether (sulfide) groups is 1. The van der Waals surface area contributed by atoms with Gasteiger partial charge in [-0.2, -0.15) is 0 Å². The zero-order chi connectivity index (χ0) is 21.0. The van der Waals surface area contributed by atoms with Crippen molar-refractivity contribution in [1.29, 1.82) is 0 Å². The molecule has 0 saturated heterocycles. The Morgan fingerprint density at radius 3 is 2.62 bits per heavy atom. The van der Waals surface area contributed by atoms with Crippen LogP contribution in [0.3, 0.4) is 0 Å². The molecular formula is C21H20N2O5S. The zero-order valence-electron chi connectivity index (χ0n) is 16.2. The number of para-hydroxylation sites is 1. The van der Waals surface area contributed by atoms with E-state index in [0.717, 1.165) is 17.3 Å².